The largest absolute Gasteiger partial charge is 0.451 e. The van der Waals surface area contributed by atoms with Gasteiger partial charge in [0, 0.05) is 11.3 Å². The van der Waals surface area contributed by atoms with E-state index in [4.69, 9.17) is 4.42 Å². The van der Waals surface area contributed by atoms with Crippen molar-refractivity contribution >= 4 is 11.6 Å². The molecule has 0 radical (unpaired) electrons. The molecule has 0 unspecified atom stereocenters. The van der Waals surface area contributed by atoms with Crippen molar-refractivity contribution in [1.29, 1.82) is 0 Å². The second-order valence-electron chi connectivity index (χ2n) is 5.17. The summed E-state index contributed by atoms with van der Waals surface area (Å²) in [5.74, 6) is -1.34. The monoisotopic (exact) mass is 349 g/mol. The average molecular weight is 349 g/mol. The summed E-state index contributed by atoms with van der Waals surface area (Å²) in [6, 6.07) is 12.6. The van der Waals surface area contributed by atoms with Crippen LogP contribution in [0, 0.1) is 5.82 Å². The number of furan rings is 1. The Bertz CT molecular complexity index is 898. The van der Waals surface area contributed by atoms with Gasteiger partial charge in [-0.3, -0.25) is 4.79 Å². The summed E-state index contributed by atoms with van der Waals surface area (Å²) in [6.07, 6.45) is -4.54. The van der Waals surface area contributed by atoms with Crippen molar-refractivity contribution in [2.45, 2.75) is 6.18 Å². The van der Waals surface area contributed by atoms with Crippen molar-refractivity contribution in [2.75, 3.05) is 5.32 Å². The average Bonchev–Trinajstić information content (AvgIpc) is 3.06. The summed E-state index contributed by atoms with van der Waals surface area (Å²) in [6.45, 7) is 0. The number of nitrogens with one attached hydrogen (secondary N) is 1. The van der Waals surface area contributed by atoms with Crippen molar-refractivity contribution in [1.82, 2.24) is 0 Å². The van der Waals surface area contributed by atoms with E-state index in [0.717, 1.165) is 6.07 Å². The zero-order valence-electron chi connectivity index (χ0n) is 12.6. The normalized spacial score (nSPS) is 11.4. The fourth-order valence-corrected chi connectivity index (χ4v) is 2.28. The van der Waals surface area contributed by atoms with Crippen LogP contribution in [0.1, 0.15) is 16.1 Å². The van der Waals surface area contributed by atoms with Crippen molar-refractivity contribution in [3.05, 3.63) is 77.8 Å². The molecule has 0 aliphatic carbocycles. The highest BCUT2D eigenvalue weighted by Crippen LogP contribution is 2.37. The van der Waals surface area contributed by atoms with Gasteiger partial charge >= 0.3 is 6.18 Å². The fraction of sp³-hybridized carbons (Fsp3) is 0.0556. The second-order valence-corrected chi connectivity index (χ2v) is 5.17. The molecule has 0 fully saturated rings. The number of carbonyl (C=O) groups excluding carboxylic acids is 1. The number of rotatable bonds is 3. The first-order chi connectivity index (χ1) is 11.8. The first-order valence-corrected chi connectivity index (χ1v) is 7.18. The van der Waals surface area contributed by atoms with Crippen molar-refractivity contribution in [3.8, 4) is 11.3 Å². The molecule has 0 bridgehead atoms. The molecule has 1 amide bonds. The van der Waals surface area contributed by atoms with Gasteiger partial charge in [0.25, 0.3) is 5.91 Å². The highest BCUT2D eigenvalue weighted by atomic mass is 19.4. The highest BCUT2D eigenvalue weighted by Gasteiger charge is 2.34. The minimum absolute atomic E-state index is 0.0721. The molecular weight excluding hydrogens is 338 g/mol. The molecule has 0 saturated heterocycles. The molecule has 3 nitrogen and oxygen atoms in total. The summed E-state index contributed by atoms with van der Waals surface area (Å²) >= 11 is 0. The molecule has 1 N–H and O–H groups in total. The van der Waals surface area contributed by atoms with Crippen molar-refractivity contribution in [3.63, 3.8) is 0 Å². The molecular formula is C18H11F4NO2. The van der Waals surface area contributed by atoms with Gasteiger partial charge in [0.1, 0.15) is 11.6 Å². The molecule has 1 heterocycles. The van der Waals surface area contributed by atoms with Crippen LogP contribution in [-0.2, 0) is 6.18 Å². The zero-order chi connectivity index (χ0) is 18.0. The molecule has 0 spiro atoms. The van der Waals surface area contributed by atoms with Gasteiger partial charge in [0.05, 0.1) is 5.56 Å². The molecule has 3 aromatic rings. The molecule has 25 heavy (non-hydrogen) atoms. The Labute approximate surface area is 139 Å². The van der Waals surface area contributed by atoms with Crippen LogP contribution < -0.4 is 5.32 Å². The molecule has 128 valence electrons. The van der Waals surface area contributed by atoms with Gasteiger partial charge in [-0.15, -0.1) is 0 Å². The van der Waals surface area contributed by atoms with E-state index in [9.17, 15) is 22.4 Å². The zero-order valence-corrected chi connectivity index (χ0v) is 12.6. The van der Waals surface area contributed by atoms with Gasteiger partial charge < -0.3 is 9.73 Å². The van der Waals surface area contributed by atoms with E-state index >= 15 is 0 Å². The summed E-state index contributed by atoms with van der Waals surface area (Å²) in [5, 5.41) is 2.47. The topological polar surface area (TPSA) is 42.2 Å². The van der Waals surface area contributed by atoms with E-state index in [0.29, 0.717) is 5.69 Å². The maximum absolute atomic E-state index is 13.1. The first-order valence-electron chi connectivity index (χ1n) is 7.18. The number of anilines is 1. The Morgan fingerprint density at radius 2 is 1.60 bits per heavy atom. The summed E-state index contributed by atoms with van der Waals surface area (Å²) < 4.78 is 57.3. The Kier molecular flexibility index (Phi) is 4.31. The second kappa shape index (κ2) is 6.43. The van der Waals surface area contributed by atoms with Crippen LogP contribution in [0.15, 0.2) is 65.1 Å². The van der Waals surface area contributed by atoms with Gasteiger partial charge in [-0.25, -0.2) is 4.39 Å². The highest BCUT2D eigenvalue weighted by molar-refractivity contribution is 6.02. The maximum atomic E-state index is 13.1. The fourth-order valence-electron chi connectivity index (χ4n) is 2.28. The SMILES string of the molecule is O=C(Nc1ccc(F)cc1)c1ccc(-c2ccccc2C(F)(F)F)o1. The van der Waals surface area contributed by atoms with Gasteiger partial charge in [0.15, 0.2) is 5.76 Å². The molecule has 0 saturated carbocycles. The number of halogens is 4. The molecule has 7 heteroatoms. The van der Waals surface area contributed by atoms with Crippen LogP contribution in [0.5, 0.6) is 0 Å². The predicted octanol–water partition coefficient (Wildman–Crippen LogP) is 5.36. The third-order valence-electron chi connectivity index (χ3n) is 3.43. The van der Waals surface area contributed by atoms with Crippen LogP contribution in [-0.4, -0.2) is 5.91 Å². The Morgan fingerprint density at radius 3 is 2.28 bits per heavy atom. The molecule has 0 aliphatic rings. The molecule has 1 aromatic heterocycles. The third-order valence-corrected chi connectivity index (χ3v) is 3.43. The number of hydrogen-bond acceptors (Lipinski definition) is 2. The predicted molar refractivity (Wildman–Crippen MR) is 83.5 cm³/mol. The Hall–Kier alpha value is -3.09. The minimum Gasteiger partial charge on any atom is -0.451 e. The number of carbonyl (C=O) groups is 1. The van der Waals surface area contributed by atoms with E-state index in [1.54, 1.807) is 0 Å². The van der Waals surface area contributed by atoms with E-state index in [2.05, 4.69) is 5.32 Å². The van der Waals surface area contributed by atoms with E-state index < -0.39 is 23.5 Å². The first kappa shape index (κ1) is 16.8. The van der Waals surface area contributed by atoms with E-state index in [1.165, 1.54) is 54.6 Å². The van der Waals surface area contributed by atoms with Gasteiger partial charge in [-0.05, 0) is 42.5 Å². The molecule has 0 aliphatic heterocycles. The van der Waals surface area contributed by atoms with Crippen LogP contribution >= 0.6 is 0 Å². The van der Waals surface area contributed by atoms with Crippen molar-refractivity contribution < 1.29 is 26.8 Å². The van der Waals surface area contributed by atoms with Crippen LogP contribution in [0.4, 0.5) is 23.2 Å². The maximum Gasteiger partial charge on any atom is 0.417 e. The standard InChI is InChI=1S/C18H11F4NO2/c19-11-5-7-12(8-6-11)23-17(24)16-10-9-15(25-16)13-3-1-2-4-14(13)18(20,21)22/h1-10H,(H,23,24). The quantitative estimate of drug-likeness (QED) is 0.647. The van der Waals surface area contributed by atoms with Crippen LogP contribution in [0.25, 0.3) is 11.3 Å². The lowest BCUT2D eigenvalue weighted by atomic mass is 10.1. The Morgan fingerprint density at radius 1 is 0.920 bits per heavy atom. The third kappa shape index (κ3) is 3.71. The molecule has 3 rings (SSSR count). The number of amides is 1. The smallest absolute Gasteiger partial charge is 0.417 e. The molecule has 2 aromatic carbocycles. The van der Waals surface area contributed by atoms with Crippen LogP contribution in [0.3, 0.4) is 0 Å². The van der Waals surface area contributed by atoms with Crippen molar-refractivity contribution in [2.24, 2.45) is 0 Å². The van der Waals surface area contributed by atoms with Crippen LogP contribution in [0.2, 0.25) is 0 Å². The lowest BCUT2D eigenvalue weighted by Gasteiger charge is -2.10. The lowest BCUT2D eigenvalue weighted by Crippen LogP contribution is -2.10. The van der Waals surface area contributed by atoms with E-state index in [-0.39, 0.29) is 17.1 Å². The number of alkyl halides is 3. The minimum atomic E-state index is -4.54. The van der Waals surface area contributed by atoms with E-state index in [1.807, 2.05) is 0 Å². The Balaban J connectivity index is 1.86. The lowest BCUT2D eigenvalue weighted by molar-refractivity contribution is -0.137. The summed E-state index contributed by atoms with van der Waals surface area (Å²) in [7, 11) is 0. The summed E-state index contributed by atoms with van der Waals surface area (Å²) in [5.41, 5.74) is -0.675. The number of benzene rings is 2. The summed E-state index contributed by atoms with van der Waals surface area (Å²) in [4.78, 5) is 12.1. The van der Waals surface area contributed by atoms with Gasteiger partial charge in [0.2, 0.25) is 0 Å². The van der Waals surface area contributed by atoms with Gasteiger partial charge in [-0.2, -0.15) is 13.2 Å². The molecule has 0 atom stereocenters. The van der Waals surface area contributed by atoms with Gasteiger partial charge in [-0.1, -0.05) is 18.2 Å². The number of hydrogen-bond donors (Lipinski definition) is 1.